The highest BCUT2D eigenvalue weighted by Crippen LogP contribution is 2.34. The second kappa shape index (κ2) is 6.77. The number of methoxy groups -OCH3 is 1. The van der Waals surface area contributed by atoms with Gasteiger partial charge in [0.05, 0.1) is 24.2 Å². The van der Waals surface area contributed by atoms with Crippen molar-refractivity contribution in [1.29, 1.82) is 0 Å². The number of hydrogen-bond donors (Lipinski definition) is 1. The molecule has 1 aromatic carbocycles. The number of aliphatic hydroxyl groups is 1. The van der Waals surface area contributed by atoms with E-state index in [-0.39, 0.29) is 11.5 Å². The lowest BCUT2D eigenvalue weighted by Gasteiger charge is -2.34. The van der Waals surface area contributed by atoms with Gasteiger partial charge in [-0.05, 0) is 49.8 Å². The SMILES string of the molecule is COc1ccc(Cl)cc1CS(=O)(=O)CC1(O)CCC(C)CC1. The Morgan fingerprint density at radius 2 is 2.00 bits per heavy atom. The van der Waals surface area contributed by atoms with E-state index in [4.69, 9.17) is 16.3 Å². The van der Waals surface area contributed by atoms with Crippen LogP contribution < -0.4 is 4.74 Å². The van der Waals surface area contributed by atoms with Crippen molar-refractivity contribution in [3.8, 4) is 5.75 Å². The molecule has 1 N–H and O–H groups in total. The highest BCUT2D eigenvalue weighted by Gasteiger charge is 2.36. The Hall–Kier alpha value is -0.780. The highest BCUT2D eigenvalue weighted by atomic mass is 35.5. The van der Waals surface area contributed by atoms with Crippen LogP contribution in [-0.4, -0.2) is 32.0 Å². The van der Waals surface area contributed by atoms with Crippen LogP contribution in [0.3, 0.4) is 0 Å². The lowest BCUT2D eigenvalue weighted by atomic mass is 9.81. The van der Waals surface area contributed by atoms with Crippen molar-refractivity contribution in [3.05, 3.63) is 28.8 Å². The van der Waals surface area contributed by atoms with Crippen LogP contribution in [0.15, 0.2) is 18.2 Å². The molecule has 0 bridgehead atoms. The molecule has 0 amide bonds. The molecule has 0 aliphatic heterocycles. The van der Waals surface area contributed by atoms with Crippen LogP contribution in [0.5, 0.6) is 5.75 Å². The van der Waals surface area contributed by atoms with Crippen LogP contribution in [0.25, 0.3) is 0 Å². The van der Waals surface area contributed by atoms with Gasteiger partial charge in [-0.15, -0.1) is 0 Å². The molecule has 0 atom stereocenters. The third-order valence-electron chi connectivity index (χ3n) is 4.31. The smallest absolute Gasteiger partial charge is 0.157 e. The van der Waals surface area contributed by atoms with Crippen LogP contribution in [0, 0.1) is 5.92 Å². The Morgan fingerprint density at radius 1 is 1.36 bits per heavy atom. The van der Waals surface area contributed by atoms with Gasteiger partial charge in [0.25, 0.3) is 0 Å². The zero-order chi connectivity index (χ0) is 16.4. The largest absolute Gasteiger partial charge is 0.496 e. The molecule has 1 saturated carbocycles. The maximum atomic E-state index is 12.5. The first-order valence-electron chi connectivity index (χ1n) is 7.48. The molecule has 0 radical (unpaired) electrons. The van der Waals surface area contributed by atoms with Gasteiger partial charge in [-0.2, -0.15) is 0 Å². The molecule has 4 nitrogen and oxygen atoms in total. The maximum Gasteiger partial charge on any atom is 0.157 e. The summed E-state index contributed by atoms with van der Waals surface area (Å²) in [5.41, 5.74) is -0.570. The fraction of sp³-hybridized carbons (Fsp3) is 0.625. The Morgan fingerprint density at radius 3 is 2.59 bits per heavy atom. The number of benzene rings is 1. The molecular formula is C16H23ClO4S. The van der Waals surface area contributed by atoms with Gasteiger partial charge in [0.2, 0.25) is 0 Å². The van der Waals surface area contributed by atoms with Gasteiger partial charge >= 0.3 is 0 Å². The molecule has 1 aromatic rings. The number of sulfone groups is 1. The van der Waals surface area contributed by atoms with E-state index in [0.29, 0.717) is 35.1 Å². The van der Waals surface area contributed by atoms with E-state index >= 15 is 0 Å². The average molecular weight is 347 g/mol. The lowest BCUT2D eigenvalue weighted by Crippen LogP contribution is -2.40. The minimum absolute atomic E-state index is 0.172. The monoisotopic (exact) mass is 346 g/mol. The van der Waals surface area contributed by atoms with E-state index in [0.717, 1.165) is 12.8 Å². The predicted octanol–water partition coefficient (Wildman–Crippen LogP) is 3.20. The maximum absolute atomic E-state index is 12.5. The molecule has 0 unspecified atom stereocenters. The average Bonchev–Trinajstić information content (AvgIpc) is 2.41. The summed E-state index contributed by atoms with van der Waals surface area (Å²) in [5.74, 6) is 0.671. The van der Waals surface area contributed by atoms with Crippen LogP contribution >= 0.6 is 11.6 Å². The zero-order valence-corrected chi connectivity index (χ0v) is 14.6. The molecule has 22 heavy (non-hydrogen) atoms. The summed E-state index contributed by atoms with van der Waals surface area (Å²) < 4.78 is 30.1. The van der Waals surface area contributed by atoms with Gasteiger partial charge in [0.15, 0.2) is 9.84 Å². The van der Waals surface area contributed by atoms with E-state index in [1.165, 1.54) is 7.11 Å². The quantitative estimate of drug-likeness (QED) is 0.889. The Kier molecular flexibility index (Phi) is 5.41. The number of rotatable bonds is 5. The van der Waals surface area contributed by atoms with Crippen molar-refractivity contribution >= 4 is 21.4 Å². The third-order valence-corrected chi connectivity index (χ3v) is 6.27. The van der Waals surface area contributed by atoms with Crippen LogP contribution in [0.1, 0.15) is 38.2 Å². The minimum Gasteiger partial charge on any atom is -0.496 e. The first-order chi connectivity index (χ1) is 10.2. The van der Waals surface area contributed by atoms with Crippen molar-refractivity contribution in [2.75, 3.05) is 12.9 Å². The van der Waals surface area contributed by atoms with Gasteiger partial charge in [0.1, 0.15) is 5.75 Å². The topological polar surface area (TPSA) is 63.6 Å². The lowest BCUT2D eigenvalue weighted by molar-refractivity contribution is 0.0135. The van der Waals surface area contributed by atoms with E-state index in [2.05, 4.69) is 6.92 Å². The highest BCUT2D eigenvalue weighted by molar-refractivity contribution is 7.90. The normalized spacial score (nSPS) is 25.9. The molecule has 2 rings (SSSR count). The summed E-state index contributed by atoms with van der Waals surface area (Å²) in [6.07, 6.45) is 2.82. The first kappa shape index (κ1) is 17.6. The third kappa shape index (κ3) is 4.61. The van der Waals surface area contributed by atoms with E-state index in [1.807, 2.05) is 0 Å². The summed E-state index contributed by atoms with van der Waals surface area (Å²) in [5, 5.41) is 11.0. The molecule has 124 valence electrons. The van der Waals surface area contributed by atoms with Crippen molar-refractivity contribution in [1.82, 2.24) is 0 Å². The molecule has 0 spiro atoms. The molecular weight excluding hydrogens is 324 g/mol. The van der Waals surface area contributed by atoms with E-state index in [1.54, 1.807) is 18.2 Å². The molecule has 0 heterocycles. The zero-order valence-electron chi connectivity index (χ0n) is 13.0. The predicted molar refractivity (Wildman–Crippen MR) is 88.1 cm³/mol. The van der Waals surface area contributed by atoms with Crippen LogP contribution in [-0.2, 0) is 15.6 Å². The Balaban J connectivity index is 2.13. The number of ether oxygens (including phenoxy) is 1. The molecule has 0 aromatic heterocycles. The number of halogens is 1. The van der Waals surface area contributed by atoms with E-state index < -0.39 is 15.4 Å². The van der Waals surface area contributed by atoms with Crippen LogP contribution in [0.2, 0.25) is 5.02 Å². The standard InChI is InChI=1S/C16H23ClO4S/c1-12-5-7-16(18,8-6-12)11-22(19,20)10-13-9-14(17)3-4-15(13)21-2/h3-4,9,12,18H,5-8,10-11H2,1-2H3. The minimum atomic E-state index is -3.45. The molecule has 6 heteroatoms. The van der Waals surface area contributed by atoms with Gasteiger partial charge in [-0.1, -0.05) is 18.5 Å². The van der Waals surface area contributed by atoms with Crippen LogP contribution in [0.4, 0.5) is 0 Å². The second-order valence-corrected chi connectivity index (χ2v) is 8.90. The fourth-order valence-corrected chi connectivity index (χ4v) is 5.10. The van der Waals surface area contributed by atoms with Gasteiger partial charge in [0, 0.05) is 10.6 Å². The number of hydrogen-bond acceptors (Lipinski definition) is 4. The fourth-order valence-electron chi connectivity index (χ4n) is 3.00. The van der Waals surface area contributed by atoms with Gasteiger partial charge < -0.3 is 9.84 Å². The molecule has 1 aliphatic carbocycles. The molecule has 1 aliphatic rings. The summed E-state index contributed by atoms with van der Waals surface area (Å²) in [6.45, 7) is 2.13. The second-order valence-electron chi connectivity index (χ2n) is 6.40. The Bertz CT molecular complexity index is 619. The van der Waals surface area contributed by atoms with E-state index in [9.17, 15) is 13.5 Å². The summed E-state index contributed by atoms with van der Waals surface area (Å²) in [4.78, 5) is 0. The van der Waals surface area contributed by atoms with Crippen molar-refractivity contribution < 1.29 is 18.3 Å². The summed E-state index contributed by atoms with van der Waals surface area (Å²) >= 11 is 5.94. The summed E-state index contributed by atoms with van der Waals surface area (Å²) in [6, 6.07) is 4.92. The molecule has 1 fully saturated rings. The van der Waals surface area contributed by atoms with Crippen molar-refractivity contribution in [2.45, 2.75) is 44.0 Å². The van der Waals surface area contributed by atoms with Crippen molar-refractivity contribution in [2.24, 2.45) is 5.92 Å². The van der Waals surface area contributed by atoms with Crippen molar-refractivity contribution in [3.63, 3.8) is 0 Å². The Labute approximate surface area is 137 Å². The van der Waals surface area contributed by atoms with Gasteiger partial charge in [-0.25, -0.2) is 8.42 Å². The first-order valence-corrected chi connectivity index (χ1v) is 9.68. The molecule has 0 saturated heterocycles. The summed E-state index contributed by atoms with van der Waals surface area (Å²) in [7, 11) is -1.95. The van der Waals surface area contributed by atoms with Gasteiger partial charge in [-0.3, -0.25) is 0 Å².